The van der Waals surface area contributed by atoms with Crippen LogP contribution in [0.25, 0.3) is 0 Å². The van der Waals surface area contributed by atoms with Crippen molar-refractivity contribution in [3.05, 3.63) is 11.5 Å². The lowest BCUT2D eigenvalue weighted by atomic mass is 10.8. The lowest BCUT2D eigenvalue weighted by Crippen LogP contribution is -1.82. The third-order valence-corrected chi connectivity index (χ3v) is 2.13. The topological polar surface area (TPSA) is 23.1 Å². The van der Waals surface area contributed by atoms with Gasteiger partial charge in [-0.15, -0.1) is 0 Å². The predicted molar refractivity (Wildman–Crippen MR) is 36.5 cm³/mol. The molecule has 0 rings (SSSR count). The van der Waals surface area contributed by atoms with Crippen LogP contribution in [0.15, 0.2) is 11.5 Å². The number of allylic oxidation sites excluding steroid dienone is 1. The van der Waals surface area contributed by atoms with E-state index in [0.29, 0.717) is 0 Å². The average molecular weight is 136 g/mol. The van der Waals surface area contributed by atoms with Crippen molar-refractivity contribution in [2.45, 2.75) is 6.92 Å². The van der Waals surface area contributed by atoms with Gasteiger partial charge in [0.2, 0.25) is 0 Å². The Labute approximate surface area is 50.8 Å². The van der Waals surface area contributed by atoms with Gasteiger partial charge >= 0.3 is 0 Å². The number of hydrogen-bond donors (Lipinski definition) is 0. The van der Waals surface area contributed by atoms with E-state index in [4.69, 9.17) is 0 Å². The highest BCUT2D eigenvalue weighted by atomic mass is 33.1. The van der Waals surface area contributed by atoms with Crippen LogP contribution in [0.5, 0.6) is 0 Å². The largest absolute Gasteiger partial charge is 0.605 e. The molecule has 0 aromatic carbocycles. The van der Waals surface area contributed by atoms with Gasteiger partial charge in [0.1, 0.15) is 17.0 Å². The molecule has 0 aromatic rings. The highest BCUT2D eigenvalue weighted by Crippen LogP contribution is 2.09. The van der Waals surface area contributed by atoms with Crippen molar-refractivity contribution in [3.63, 3.8) is 0 Å². The zero-order valence-electron chi connectivity index (χ0n) is 4.38. The Bertz CT molecular complexity index is 60.7. The summed E-state index contributed by atoms with van der Waals surface area (Å²) in [4.78, 5) is 0. The second-order valence-corrected chi connectivity index (χ2v) is 4.22. The summed E-state index contributed by atoms with van der Waals surface area (Å²) in [7, 11) is 0.587. The summed E-state index contributed by atoms with van der Waals surface area (Å²) in [5.74, 6) is 0. The summed E-state index contributed by atoms with van der Waals surface area (Å²) in [6.45, 7) is 1.90. The predicted octanol–water partition coefficient (Wildman–Crippen LogP) is 1.55. The minimum atomic E-state index is -0.736. The van der Waals surface area contributed by atoms with Crippen LogP contribution in [-0.2, 0) is 10.2 Å². The normalized spacial score (nSPS) is 15.3. The van der Waals surface area contributed by atoms with E-state index in [1.54, 1.807) is 6.26 Å². The maximum atomic E-state index is 10.2. The van der Waals surface area contributed by atoms with E-state index in [-0.39, 0.29) is 0 Å². The fourth-order valence-electron chi connectivity index (χ4n) is 0.134. The van der Waals surface area contributed by atoms with Crippen molar-refractivity contribution in [3.8, 4) is 0 Å². The first-order chi connectivity index (χ1) is 3.27. The zero-order chi connectivity index (χ0) is 5.70. The van der Waals surface area contributed by atoms with Crippen LogP contribution in [0.3, 0.4) is 0 Å². The molecule has 1 nitrogen and oxygen atoms in total. The molecule has 0 saturated carbocycles. The zero-order valence-corrected chi connectivity index (χ0v) is 6.01. The third-order valence-electron chi connectivity index (χ3n) is 0.327. The molecule has 0 aliphatic rings. The van der Waals surface area contributed by atoms with E-state index >= 15 is 0 Å². The van der Waals surface area contributed by atoms with Gasteiger partial charge < -0.3 is 4.55 Å². The molecule has 0 heterocycles. The van der Waals surface area contributed by atoms with Gasteiger partial charge in [0, 0.05) is 15.6 Å². The quantitative estimate of drug-likeness (QED) is 0.424. The van der Waals surface area contributed by atoms with Crippen LogP contribution in [0.1, 0.15) is 6.92 Å². The Morgan fingerprint density at radius 1 is 1.71 bits per heavy atom. The van der Waals surface area contributed by atoms with Gasteiger partial charge in [-0.05, 0) is 6.92 Å². The van der Waals surface area contributed by atoms with E-state index < -0.39 is 10.2 Å². The van der Waals surface area contributed by atoms with E-state index in [1.165, 1.54) is 10.8 Å². The lowest BCUT2D eigenvalue weighted by molar-refractivity contribution is 0.614. The van der Waals surface area contributed by atoms with Crippen molar-refractivity contribution in [1.29, 1.82) is 0 Å². The molecule has 0 N–H and O–H groups in total. The Morgan fingerprint density at radius 2 is 2.29 bits per heavy atom. The molecule has 0 spiro atoms. The summed E-state index contributed by atoms with van der Waals surface area (Å²) in [5.41, 5.74) is 0. The second kappa shape index (κ2) is 4.56. The molecule has 0 aliphatic heterocycles. The summed E-state index contributed by atoms with van der Waals surface area (Å²) in [6, 6.07) is 0. The fourth-order valence-corrected chi connectivity index (χ4v) is 1.20. The molecule has 7 heavy (non-hydrogen) atoms. The molecule has 1 unspecified atom stereocenters. The average Bonchev–Trinajstić information content (AvgIpc) is 1.61. The van der Waals surface area contributed by atoms with Crippen molar-refractivity contribution >= 4 is 21.0 Å². The van der Waals surface area contributed by atoms with Crippen LogP contribution >= 0.6 is 10.8 Å². The maximum absolute atomic E-state index is 10.2. The summed E-state index contributed by atoms with van der Waals surface area (Å²) in [6.07, 6.45) is 3.52. The molecule has 0 aromatic heterocycles. The van der Waals surface area contributed by atoms with Crippen molar-refractivity contribution in [1.82, 2.24) is 0 Å². The van der Waals surface area contributed by atoms with Crippen LogP contribution in [-0.4, -0.2) is 10.8 Å². The van der Waals surface area contributed by atoms with Crippen molar-refractivity contribution in [2.75, 3.05) is 6.26 Å². The van der Waals surface area contributed by atoms with Crippen LogP contribution in [0.2, 0.25) is 0 Å². The second-order valence-electron chi connectivity index (χ2n) is 0.967. The van der Waals surface area contributed by atoms with Gasteiger partial charge in [0.05, 0.1) is 0 Å². The molecular formula is C4H8OS2. The number of rotatable bonds is 2. The van der Waals surface area contributed by atoms with E-state index in [0.717, 1.165) is 0 Å². The highest BCUT2D eigenvalue weighted by Gasteiger charge is 1.89. The molecular weight excluding hydrogens is 128 g/mol. The summed E-state index contributed by atoms with van der Waals surface area (Å²) >= 11 is 0. The van der Waals surface area contributed by atoms with Gasteiger partial charge in [-0.3, -0.25) is 0 Å². The van der Waals surface area contributed by atoms with Crippen molar-refractivity contribution in [2.24, 2.45) is 0 Å². The SMILES string of the molecule is C/C=C\S[S+](C)[O-]. The first-order valence-electron chi connectivity index (χ1n) is 1.89. The van der Waals surface area contributed by atoms with E-state index in [1.807, 2.05) is 18.4 Å². The summed E-state index contributed by atoms with van der Waals surface area (Å²) in [5, 5.41) is 1.82. The Balaban J connectivity index is 2.97. The van der Waals surface area contributed by atoms with Crippen LogP contribution in [0, 0.1) is 0 Å². The first kappa shape index (κ1) is 7.40. The Hall–Kier alpha value is 0.400. The standard InChI is InChI=1S/C4H8OS2/c1-3-4-6-7(2)5/h3-4H,1-2H3/b4-3-. The Morgan fingerprint density at radius 3 is 2.43 bits per heavy atom. The van der Waals surface area contributed by atoms with Gasteiger partial charge in [0.25, 0.3) is 0 Å². The maximum Gasteiger partial charge on any atom is 0.118 e. The highest BCUT2D eigenvalue weighted by molar-refractivity contribution is 8.73. The molecule has 0 bridgehead atoms. The van der Waals surface area contributed by atoms with Gasteiger partial charge in [-0.25, -0.2) is 0 Å². The molecule has 0 amide bonds. The fraction of sp³-hybridized carbons (Fsp3) is 0.500. The minimum Gasteiger partial charge on any atom is -0.605 e. The molecule has 0 fully saturated rings. The van der Waals surface area contributed by atoms with E-state index in [2.05, 4.69) is 0 Å². The smallest absolute Gasteiger partial charge is 0.118 e. The molecule has 0 radical (unpaired) electrons. The molecule has 42 valence electrons. The molecule has 0 aliphatic carbocycles. The van der Waals surface area contributed by atoms with Gasteiger partial charge in [0.15, 0.2) is 0 Å². The van der Waals surface area contributed by atoms with Gasteiger partial charge in [-0.1, -0.05) is 6.08 Å². The summed E-state index contributed by atoms with van der Waals surface area (Å²) < 4.78 is 10.2. The molecule has 1 atom stereocenters. The number of hydrogen-bond acceptors (Lipinski definition) is 2. The van der Waals surface area contributed by atoms with Crippen LogP contribution < -0.4 is 0 Å². The van der Waals surface area contributed by atoms with Crippen LogP contribution in [0.4, 0.5) is 0 Å². The third kappa shape index (κ3) is 6.40. The van der Waals surface area contributed by atoms with E-state index in [9.17, 15) is 4.55 Å². The minimum absolute atomic E-state index is 0.736. The first-order valence-corrected chi connectivity index (χ1v) is 4.84. The van der Waals surface area contributed by atoms with Gasteiger partial charge in [-0.2, -0.15) is 0 Å². The van der Waals surface area contributed by atoms with Crippen molar-refractivity contribution < 1.29 is 4.55 Å². The Kier molecular flexibility index (Phi) is 4.82. The lowest BCUT2D eigenvalue weighted by Gasteiger charge is -1.93. The molecule has 0 saturated heterocycles. The molecule has 3 heteroatoms. The monoisotopic (exact) mass is 136 g/mol.